The van der Waals surface area contributed by atoms with Crippen molar-refractivity contribution in [2.24, 2.45) is 0 Å². The van der Waals surface area contributed by atoms with Gasteiger partial charge in [0.05, 0.1) is 0 Å². The second kappa shape index (κ2) is 2.46. The molecule has 11 heavy (non-hydrogen) atoms. The minimum Gasteiger partial charge on any atom is -0.384 e. The lowest BCUT2D eigenvalue weighted by Crippen LogP contribution is -2.05. The molecule has 0 unspecified atom stereocenters. The molecule has 0 aliphatic rings. The maximum absolute atomic E-state index is 10.8. The van der Waals surface area contributed by atoms with E-state index < -0.39 is 9.84 Å². The van der Waals surface area contributed by atoms with E-state index in [1.165, 1.54) is 12.3 Å². The zero-order chi connectivity index (χ0) is 8.48. The lowest BCUT2D eigenvalue weighted by molar-refractivity contribution is 0.593. The van der Waals surface area contributed by atoms with Crippen molar-refractivity contribution in [2.75, 3.05) is 12.0 Å². The van der Waals surface area contributed by atoms with Gasteiger partial charge in [-0.1, -0.05) is 0 Å². The third-order valence-corrected chi connectivity index (χ3v) is 1.85. The van der Waals surface area contributed by atoms with Gasteiger partial charge >= 0.3 is 0 Å². The fourth-order valence-electron chi connectivity index (χ4n) is 0.533. The standard InChI is InChI=1S/C5H7N3O2S/c1-11(9,10)5-7-3-2-4(6)8-5/h2-3H,1H3,(H2,6,7,8). The lowest BCUT2D eigenvalue weighted by atomic mass is 10.6. The monoisotopic (exact) mass is 173 g/mol. The van der Waals surface area contributed by atoms with E-state index in [2.05, 4.69) is 9.97 Å². The van der Waals surface area contributed by atoms with Crippen molar-refractivity contribution in [1.29, 1.82) is 0 Å². The molecular formula is C5H7N3O2S. The molecule has 2 N–H and O–H groups in total. The van der Waals surface area contributed by atoms with Crippen molar-refractivity contribution < 1.29 is 8.42 Å². The van der Waals surface area contributed by atoms with Crippen LogP contribution < -0.4 is 5.73 Å². The molecule has 0 aromatic carbocycles. The van der Waals surface area contributed by atoms with Crippen LogP contribution in [0.2, 0.25) is 0 Å². The van der Waals surface area contributed by atoms with Gasteiger partial charge in [0.2, 0.25) is 15.0 Å². The summed E-state index contributed by atoms with van der Waals surface area (Å²) in [5.74, 6) is 0.153. The van der Waals surface area contributed by atoms with Gasteiger partial charge in [0, 0.05) is 12.5 Å². The van der Waals surface area contributed by atoms with Crippen LogP contribution >= 0.6 is 0 Å². The van der Waals surface area contributed by atoms with E-state index in [-0.39, 0.29) is 11.0 Å². The van der Waals surface area contributed by atoms with Gasteiger partial charge in [0.1, 0.15) is 5.82 Å². The smallest absolute Gasteiger partial charge is 0.248 e. The molecule has 60 valence electrons. The van der Waals surface area contributed by atoms with Crippen LogP contribution in [0.3, 0.4) is 0 Å². The molecule has 0 fully saturated rings. The van der Waals surface area contributed by atoms with Crippen LogP contribution in [-0.4, -0.2) is 24.6 Å². The van der Waals surface area contributed by atoms with Crippen LogP contribution in [0.4, 0.5) is 5.82 Å². The largest absolute Gasteiger partial charge is 0.384 e. The normalized spacial score (nSPS) is 11.4. The Bertz CT molecular complexity index is 360. The number of anilines is 1. The van der Waals surface area contributed by atoms with Crippen LogP contribution in [0.5, 0.6) is 0 Å². The molecule has 0 saturated carbocycles. The molecule has 1 aromatic heterocycles. The molecule has 0 bridgehead atoms. The highest BCUT2D eigenvalue weighted by molar-refractivity contribution is 7.90. The summed E-state index contributed by atoms with van der Waals surface area (Å²) in [5.41, 5.74) is 5.24. The van der Waals surface area contributed by atoms with Crippen LogP contribution in [0.1, 0.15) is 0 Å². The summed E-state index contributed by atoms with van der Waals surface area (Å²) in [6.07, 6.45) is 2.33. The number of aromatic nitrogens is 2. The predicted octanol–water partition coefficient (Wildman–Crippen LogP) is -0.538. The van der Waals surface area contributed by atoms with Gasteiger partial charge in [-0.15, -0.1) is 0 Å². The maximum atomic E-state index is 10.8. The fourth-order valence-corrected chi connectivity index (χ4v) is 1.06. The molecule has 1 heterocycles. The molecule has 0 saturated heterocycles. The SMILES string of the molecule is CS(=O)(=O)c1nccc(N)n1. The van der Waals surface area contributed by atoms with E-state index in [0.717, 1.165) is 6.26 Å². The number of nitrogens with zero attached hydrogens (tertiary/aromatic N) is 2. The zero-order valence-electron chi connectivity index (χ0n) is 5.85. The van der Waals surface area contributed by atoms with Gasteiger partial charge in [-0.25, -0.2) is 18.4 Å². The van der Waals surface area contributed by atoms with E-state index in [9.17, 15) is 8.42 Å². The average Bonchev–Trinajstić information content (AvgIpc) is 1.86. The number of nitrogen functional groups attached to an aromatic ring is 1. The summed E-state index contributed by atoms with van der Waals surface area (Å²) in [4.78, 5) is 7.05. The van der Waals surface area contributed by atoms with Gasteiger partial charge in [0.25, 0.3) is 0 Å². The first kappa shape index (κ1) is 7.93. The summed E-state index contributed by atoms with van der Waals surface area (Å²) >= 11 is 0. The number of nitrogens with two attached hydrogens (primary N) is 1. The highest BCUT2D eigenvalue weighted by atomic mass is 32.2. The fraction of sp³-hybridized carbons (Fsp3) is 0.200. The quantitative estimate of drug-likeness (QED) is 0.576. The van der Waals surface area contributed by atoms with Crippen LogP contribution in [0, 0.1) is 0 Å². The number of sulfone groups is 1. The summed E-state index contributed by atoms with van der Waals surface area (Å²) in [7, 11) is -3.33. The molecule has 0 spiro atoms. The Morgan fingerprint density at radius 1 is 1.55 bits per heavy atom. The third kappa shape index (κ3) is 1.87. The lowest BCUT2D eigenvalue weighted by Gasteiger charge is -1.95. The molecule has 0 aliphatic heterocycles. The van der Waals surface area contributed by atoms with Gasteiger partial charge in [-0.3, -0.25) is 0 Å². The van der Waals surface area contributed by atoms with Gasteiger partial charge in [-0.2, -0.15) is 0 Å². The number of rotatable bonds is 1. The molecule has 0 radical (unpaired) electrons. The van der Waals surface area contributed by atoms with Crippen molar-refractivity contribution >= 4 is 15.7 Å². The molecule has 0 aliphatic carbocycles. The van der Waals surface area contributed by atoms with Crippen LogP contribution in [-0.2, 0) is 9.84 Å². The Kier molecular flexibility index (Phi) is 1.77. The predicted molar refractivity (Wildman–Crippen MR) is 39.6 cm³/mol. The Hall–Kier alpha value is -1.17. The highest BCUT2D eigenvalue weighted by Gasteiger charge is 2.09. The minimum atomic E-state index is -3.33. The number of hydrogen-bond acceptors (Lipinski definition) is 5. The molecule has 0 amide bonds. The second-order valence-electron chi connectivity index (χ2n) is 2.04. The van der Waals surface area contributed by atoms with Gasteiger partial charge in [-0.05, 0) is 6.07 Å². The molecule has 5 nitrogen and oxygen atoms in total. The molecule has 0 atom stereocenters. The maximum Gasteiger partial charge on any atom is 0.248 e. The minimum absolute atomic E-state index is 0.153. The summed E-state index contributed by atoms with van der Waals surface area (Å²) < 4.78 is 21.6. The van der Waals surface area contributed by atoms with Crippen molar-refractivity contribution in [1.82, 2.24) is 9.97 Å². The van der Waals surface area contributed by atoms with Crippen LogP contribution in [0.25, 0.3) is 0 Å². The first-order valence-corrected chi connectivity index (χ1v) is 4.68. The Balaban J connectivity index is 3.28. The topological polar surface area (TPSA) is 85.9 Å². The molecule has 6 heteroatoms. The van der Waals surface area contributed by atoms with E-state index in [1.54, 1.807) is 0 Å². The first-order valence-electron chi connectivity index (χ1n) is 2.79. The molecular weight excluding hydrogens is 166 g/mol. The van der Waals surface area contributed by atoms with Crippen molar-refractivity contribution in [3.05, 3.63) is 12.3 Å². The van der Waals surface area contributed by atoms with Crippen molar-refractivity contribution in [2.45, 2.75) is 5.16 Å². The van der Waals surface area contributed by atoms with Crippen LogP contribution in [0.15, 0.2) is 17.4 Å². The summed E-state index contributed by atoms with van der Waals surface area (Å²) in [6.45, 7) is 0. The first-order chi connectivity index (χ1) is 5.00. The average molecular weight is 173 g/mol. The number of hydrogen-bond donors (Lipinski definition) is 1. The Morgan fingerprint density at radius 3 is 2.55 bits per heavy atom. The van der Waals surface area contributed by atoms with Gasteiger partial charge < -0.3 is 5.73 Å². The highest BCUT2D eigenvalue weighted by Crippen LogP contribution is 2.01. The van der Waals surface area contributed by atoms with E-state index >= 15 is 0 Å². The van der Waals surface area contributed by atoms with E-state index in [1.807, 2.05) is 0 Å². The molecule has 1 aromatic rings. The second-order valence-corrected chi connectivity index (χ2v) is 3.95. The Morgan fingerprint density at radius 2 is 2.18 bits per heavy atom. The van der Waals surface area contributed by atoms with Crippen molar-refractivity contribution in [3.8, 4) is 0 Å². The zero-order valence-corrected chi connectivity index (χ0v) is 6.67. The summed E-state index contributed by atoms with van der Waals surface area (Å²) in [5, 5.41) is -0.238. The third-order valence-electron chi connectivity index (χ3n) is 0.987. The molecule has 1 rings (SSSR count). The summed E-state index contributed by atoms with van der Waals surface area (Å²) in [6, 6.07) is 1.43. The van der Waals surface area contributed by atoms with E-state index in [4.69, 9.17) is 5.73 Å². The van der Waals surface area contributed by atoms with Gasteiger partial charge in [0.15, 0.2) is 0 Å². The Labute approximate surface area is 64.2 Å². The van der Waals surface area contributed by atoms with E-state index in [0.29, 0.717) is 0 Å². The van der Waals surface area contributed by atoms with Crippen molar-refractivity contribution in [3.63, 3.8) is 0 Å².